The fourth-order valence-corrected chi connectivity index (χ4v) is 2.15. The minimum absolute atomic E-state index is 0.754. The summed E-state index contributed by atoms with van der Waals surface area (Å²) < 4.78 is 31.7. The van der Waals surface area contributed by atoms with Gasteiger partial charge < -0.3 is 10.4 Å². The van der Waals surface area contributed by atoms with Gasteiger partial charge in [0, 0.05) is 6.04 Å². The first-order chi connectivity index (χ1) is 9.25. The Bertz CT molecular complexity index is 454. The average Bonchev–Trinajstić information content (AvgIpc) is 2.29. The topological polar surface area (TPSA) is 49.3 Å². The first kappa shape index (κ1) is 16.5. The molecule has 1 aromatic rings. The molecule has 6 heteroatoms. The molecule has 20 heavy (non-hydrogen) atoms. The summed E-state index contributed by atoms with van der Waals surface area (Å²) in [6.07, 6.45) is -2.47. The Morgan fingerprint density at radius 3 is 2.20 bits per heavy atom. The Morgan fingerprint density at radius 1 is 1.30 bits per heavy atom. The van der Waals surface area contributed by atoms with Gasteiger partial charge in [-0.15, -0.1) is 0 Å². The number of nitrogens with one attached hydrogen (secondary N) is 1. The molecule has 0 aliphatic heterocycles. The van der Waals surface area contributed by atoms with Crippen LogP contribution in [0.25, 0.3) is 0 Å². The molecule has 2 rings (SSSR count). The summed E-state index contributed by atoms with van der Waals surface area (Å²) in [5.41, 5.74) is 3.00. The molecule has 0 aromatic heterocycles. The van der Waals surface area contributed by atoms with Crippen LogP contribution in [-0.2, 0) is 4.79 Å². The van der Waals surface area contributed by atoms with Gasteiger partial charge in [0.25, 0.3) is 0 Å². The Labute approximate surface area is 115 Å². The van der Waals surface area contributed by atoms with Crippen molar-refractivity contribution in [2.24, 2.45) is 0 Å². The second-order valence-electron chi connectivity index (χ2n) is 4.81. The summed E-state index contributed by atoms with van der Waals surface area (Å²) in [5.74, 6) is -1.95. The lowest BCUT2D eigenvalue weighted by atomic mass is 9.75. The highest BCUT2D eigenvalue weighted by molar-refractivity contribution is 5.73. The van der Waals surface area contributed by atoms with E-state index >= 15 is 0 Å². The van der Waals surface area contributed by atoms with Crippen LogP contribution < -0.4 is 5.32 Å². The van der Waals surface area contributed by atoms with E-state index in [4.69, 9.17) is 9.90 Å². The van der Waals surface area contributed by atoms with Crippen LogP contribution in [0.15, 0.2) is 24.3 Å². The molecule has 0 heterocycles. The van der Waals surface area contributed by atoms with Gasteiger partial charge in [-0.1, -0.05) is 24.3 Å². The second-order valence-corrected chi connectivity index (χ2v) is 4.81. The number of hydrogen-bond donors (Lipinski definition) is 2. The Morgan fingerprint density at radius 2 is 1.80 bits per heavy atom. The first-order valence-electron chi connectivity index (χ1n) is 6.28. The maximum Gasteiger partial charge on any atom is 0.490 e. The standard InChI is InChI=1S/C12H17N.C2HF3O2/c1-9-5-3-4-6-12(9)10-7-11(8-10)13-2;3-2(4,5)1(6)7/h3-6,10-11,13H,7-8H2,1-2H3;(H,6,7). The summed E-state index contributed by atoms with van der Waals surface area (Å²) >= 11 is 0. The Kier molecular flexibility index (Phi) is 5.56. The zero-order valence-corrected chi connectivity index (χ0v) is 11.4. The highest BCUT2D eigenvalue weighted by Gasteiger charge is 2.38. The molecule has 112 valence electrons. The van der Waals surface area contributed by atoms with Crippen molar-refractivity contribution < 1.29 is 23.1 Å². The van der Waals surface area contributed by atoms with Crippen molar-refractivity contribution >= 4 is 5.97 Å². The molecule has 0 saturated heterocycles. The number of halogens is 3. The predicted molar refractivity (Wildman–Crippen MR) is 69.7 cm³/mol. The van der Waals surface area contributed by atoms with E-state index < -0.39 is 12.1 Å². The fraction of sp³-hybridized carbons (Fsp3) is 0.500. The molecule has 0 radical (unpaired) electrons. The summed E-state index contributed by atoms with van der Waals surface area (Å²) in [4.78, 5) is 8.90. The van der Waals surface area contributed by atoms with E-state index in [-0.39, 0.29) is 0 Å². The van der Waals surface area contributed by atoms with Crippen molar-refractivity contribution in [3.8, 4) is 0 Å². The summed E-state index contributed by atoms with van der Waals surface area (Å²) in [6.45, 7) is 2.21. The van der Waals surface area contributed by atoms with Crippen LogP contribution in [0.1, 0.15) is 29.9 Å². The number of carboxylic acids is 1. The lowest BCUT2D eigenvalue weighted by Gasteiger charge is -2.36. The number of aryl methyl sites for hydroxylation is 1. The Hall–Kier alpha value is -1.56. The summed E-state index contributed by atoms with van der Waals surface area (Å²) in [5, 5.41) is 10.4. The maximum absolute atomic E-state index is 10.6. The molecule has 1 saturated carbocycles. The molecular weight excluding hydrogens is 271 g/mol. The minimum atomic E-state index is -5.08. The van der Waals surface area contributed by atoms with E-state index in [9.17, 15) is 13.2 Å². The molecule has 2 N–H and O–H groups in total. The van der Waals surface area contributed by atoms with Crippen LogP contribution in [0.4, 0.5) is 13.2 Å². The molecule has 1 aliphatic carbocycles. The molecule has 0 atom stereocenters. The van der Waals surface area contributed by atoms with E-state index in [1.807, 2.05) is 0 Å². The fourth-order valence-electron chi connectivity index (χ4n) is 2.15. The third kappa shape index (κ3) is 4.52. The molecule has 0 bridgehead atoms. The summed E-state index contributed by atoms with van der Waals surface area (Å²) in [6, 6.07) is 9.50. The molecule has 0 amide bonds. The molecule has 0 spiro atoms. The van der Waals surface area contributed by atoms with Gasteiger partial charge in [0.1, 0.15) is 0 Å². The SMILES string of the molecule is CNC1CC(c2ccccc2C)C1.O=C(O)C(F)(F)F. The van der Waals surface area contributed by atoms with E-state index in [0.717, 1.165) is 12.0 Å². The van der Waals surface area contributed by atoms with Gasteiger partial charge in [-0.05, 0) is 43.9 Å². The van der Waals surface area contributed by atoms with E-state index in [0.29, 0.717) is 0 Å². The van der Waals surface area contributed by atoms with Gasteiger partial charge in [0.15, 0.2) is 0 Å². The van der Waals surface area contributed by atoms with Crippen molar-refractivity contribution in [1.82, 2.24) is 5.32 Å². The van der Waals surface area contributed by atoms with Gasteiger partial charge in [0.05, 0.1) is 0 Å². The van der Waals surface area contributed by atoms with Crippen molar-refractivity contribution in [1.29, 1.82) is 0 Å². The van der Waals surface area contributed by atoms with Gasteiger partial charge in [-0.2, -0.15) is 13.2 Å². The van der Waals surface area contributed by atoms with Crippen molar-refractivity contribution in [2.45, 2.75) is 37.9 Å². The minimum Gasteiger partial charge on any atom is -0.475 e. The molecule has 1 aliphatic rings. The van der Waals surface area contributed by atoms with Gasteiger partial charge in [-0.25, -0.2) is 4.79 Å². The number of rotatable bonds is 2. The molecule has 1 aromatic carbocycles. The van der Waals surface area contributed by atoms with Crippen molar-refractivity contribution in [2.75, 3.05) is 7.05 Å². The number of hydrogen-bond acceptors (Lipinski definition) is 2. The predicted octanol–water partition coefficient (Wildman–Crippen LogP) is 3.09. The molecule has 1 fully saturated rings. The highest BCUT2D eigenvalue weighted by atomic mass is 19.4. The van der Waals surface area contributed by atoms with Crippen molar-refractivity contribution in [3.05, 3.63) is 35.4 Å². The molecule has 0 unspecified atom stereocenters. The van der Waals surface area contributed by atoms with Crippen LogP contribution in [0.2, 0.25) is 0 Å². The van der Waals surface area contributed by atoms with Gasteiger partial charge in [-0.3, -0.25) is 0 Å². The monoisotopic (exact) mass is 289 g/mol. The van der Waals surface area contributed by atoms with Gasteiger partial charge >= 0.3 is 12.1 Å². The Balaban J connectivity index is 0.000000246. The zero-order chi connectivity index (χ0) is 15.3. The lowest BCUT2D eigenvalue weighted by molar-refractivity contribution is -0.192. The third-order valence-corrected chi connectivity index (χ3v) is 3.42. The smallest absolute Gasteiger partial charge is 0.475 e. The van der Waals surface area contributed by atoms with Crippen LogP contribution >= 0.6 is 0 Å². The number of aliphatic carboxylic acids is 1. The quantitative estimate of drug-likeness (QED) is 0.879. The van der Waals surface area contributed by atoms with E-state index in [1.165, 1.54) is 18.4 Å². The second kappa shape index (κ2) is 6.74. The third-order valence-electron chi connectivity index (χ3n) is 3.42. The average molecular weight is 289 g/mol. The highest BCUT2D eigenvalue weighted by Crippen LogP contribution is 2.37. The largest absolute Gasteiger partial charge is 0.490 e. The number of alkyl halides is 3. The zero-order valence-electron chi connectivity index (χ0n) is 11.4. The van der Waals surface area contributed by atoms with Crippen molar-refractivity contribution in [3.63, 3.8) is 0 Å². The van der Waals surface area contributed by atoms with Crippen LogP contribution in [0.3, 0.4) is 0 Å². The number of carbonyl (C=O) groups is 1. The van der Waals surface area contributed by atoms with E-state index in [2.05, 4.69) is 43.6 Å². The van der Waals surface area contributed by atoms with E-state index in [1.54, 1.807) is 5.56 Å². The van der Waals surface area contributed by atoms with Crippen LogP contribution in [0.5, 0.6) is 0 Å². The summed E-state index contributed by atoms with van der Waals surface area (Å²) in [7, 11) is 2.05. The lowest BCUT2D eigenvalue weighted by Crippen LogP contribution is -2.37. The van der Waals surface area contributed by atoms with Crippen LogP contribution in [-0.4, -0.2) is 30.3 Å². The first-order valence-corrected chi connectivity index (χ1v) is 6.28. The van der Waals surface area contributed by atoms with Gasteiger partial charge in [0.2, 0.25) is 0 Å². The van der Waals surface area contributed by atoms with Crippen LogP contribution in [0, 0.1) is 6.92 Å². The molecular formula is C14H18F3NO2. The number of benzene rings is 1. The molecule has 3 nitrogen and oxygen atoms in total. The normalized spacial score (nSPS) is 21.4. The number of carboxylic acid groups (broad SMARTS) is 1. The maximum atomic E-state index is 10.6.